The number of aliphatic hydroxyl groups is 4. The minimum atomic E-state index is -2.12. The molecule has 1 unspecified atom stereocenters. The Balaban J connectivity index is 2.38. The van der Waals surface area contributed by atoms with Crippen molar-refractivity contribution in [3.05, 3.63) is 12.3 Å². The fourth-order valence-corrected chi connectivity index (χ4v) is 2.27. The SMILES string of the molecule is C[C@@H](O)[C@H]1O[C@@](C#N)(N2C=CC(=O)NC2O)[C@H](O)[C@@H]1O. The number of nitrogens with one attached hydrogen (secondary N) is 1. The fourth-order valence-electron chi connectivity index (χ4n) is 2.27. The molecular weight excluding hydrogens is 270 g/mol. The highest BCUT2D eigenvalue weighted by Gasteiger charge is 2.60. The van der Waals surface area contributed by atoms with Gasteiger partial charge in [0.1, 0.15) is 24.4 Å². The van der Waals surface area contributed by atoms with Crippen LogP contribution in [0.25, 0.3) is 0 Å². The van der Waals surface area contributed by atoms with Crippen molar-refractivity contribution in [1.29, 1.82) is 5.26 Å². The van der Waals surface area contributed by atoms with Gasteiger partial charge in [-0.25, -0.2) is 0 Å². The van der Waals surface area contributed by atoms with E-state index in [1.54, 1.807) is 6.07 Å². The van der Waals surface area contributed by atoms with E-state index in [-0.39, 0.29) is 0 Å². The van der Waals surface area contributed by atoms with Gasteiger partial charge in [-0.3, -0.25) is 9.69 Å². The maximum atomic E-state index is 11.1. The van der Waals surface area contributed by atoms with Crippen LogP contribution in [0.4, 0.5) is 0 Å². The summed E-state index contributed by atoms with van der Waals surface area (Å²) in [5.41, 5.74) is -2.12. The molecule has 2 heterocycles. The maximum Gasteiger partial charge on any atom is 0.263 e. The van der Waals surface area contributed by atoms with E-state index in [0.29, 0.717) is 0 Å². The number of aliphatic hydroxyl groups excluding tert-OH is 4. The van der Waals surface area contributed by atoms with Gasteiger partial charge in [0.2, 0.25) is 12.3 Å². The van der Waals surface area contributed by atoms with E-state index in [4.69, 9.17) is 4.74 Å². The van der Waals surface area contributed by atoms with Gasteiger partial charge < -0.3 is 30.5 Å². The molecule has 2 aliphatic rings. The molecule has 20 heavy (non-hydrogen) atoms. The zero-order valence-electron chi connectivity index (χ0n) is 10.5. The molecule has 1 fully saturated rings. The first-order valence-corrected chi connectivity index (χ1v) is 5.92. The van der Waals surface area contributed by atoms with Gasteiger partial charge in [0, 0.05) is 12.3 Å². The Labute approximate surface area is 114 Å². The van der Waals surface area contributed by atoms with Crippen molar-refractivity contribution in [1.82, 2.24) is 10.2 Å². The summed E-state index contributed by atoms with van der Waals surface area (Å²) in [5, 5.41) is 50.6. The molecule has 9 nitrogen and oxygen atoms in total. The van der Waals surface area contributed by atoms with Crippen molar-refractivity contribution in [3.8, 4) is 6.07 Å². The number of carbonyl (C=O) groups excluding carboxylic acids is 1. The lowest BCUT2D eigenvalue weighted by Gasteiger charge is -2.40. The Bertz CT molecular complexity index is 475. The average Bonchev–Trinajstić information content (AvgIpc) is 2.64. The predicted molar refractivity (Wildman–Crippen MR) is 62.0 cm³/mol. The summed E-state index contributed by atoms with van der Waals surface area (Å²) < 4.78 is 5.28. The van der Waals surface area contributed by atoms with Crippen LogP contribution in [0.15, 0.2) is 12.3 Å². The van der Waals surface area contributed by atoms with Crippen LogP contribution in [0.1, 0.15) is 6.92 Å². The Morgan fingerprint density at radius 1 is 1.55 bits per heavy atom. The molecule has 6 atom stereocenters. The molecule has 1 amide bonds. The summed E-state index contributed by atoms with van der Waals surface area (Å²) in [6.45, 7) is 1.33. The van der Waals surface area contributed by atoms with E-state index >= 15 is 0 Å². The number of carbonyl (C=O) groups is 1. The highest BCUT2D eigenvalue weighted by Crippen LogP contribution is 2.36. The summed E-state index contributed by atoms with van der Waals surface area (Å²) >= 11 is 0. The monoisotopic (exact) mass is 285 g/mol. The second-order valence-corrected chi connectivity index (χ2v) is 4.67. The molecular formula is C11H15N3O6. The molecule has 110 valence electrons. The largest absolute Gasteiger partial charge is 0.391 e. The number of amides is 1. The first-order valence-electron chi connectivity index (χ1n) is 5.92. The Morgan fingerprint density at radius 3 is 2.65 bits per heavy atom. The van der Waals surface area contributed by atoms with E-state index in [1.165, 1.54) is 6.92 Å². The summed E-state index contributed by atoms with van der Waals surface area (Å²) in [7, 11) is 0. The fraction of sp³-hybridized carbons (Fsp3) is 0.636. The maximum absolute atomic E-state index is 11.1. The number of nitriles is 1. The Morgan fingerprint density at radius 2 is 2.20 bits per heavy atom. The van der Waals surface area contributed by atoms with Gasteiger partial charge in [-0.15, -0.1) is 0 Å². The van der Waals surface area contributed by atoms with E-state index in [1.807, 2.05) is 0 Å². The average molecular weight is 285 g/mol. The third kappa shape index (κ3) is 2.04. The van der Waals surface area contributed by atoms with Crippen molar-refractivity contribution < 1.29 is 30.0 Å². The number of ether oxygens (including phenoxy) is 1. The number of hydrogen-bond acceptors (Lipinski definition) is 8. The van der Waals surface area contributed by atoms with Crippen LogP contribution in [0.5, 0.6) is 0 Å². The van der Waals surface area contributed by atoms with E-state index in [2.05, 4.69) is 5.32 Å². The third-order valence-corrected chi connectivity index (χ3v) is 3.32. The van der Waals surface area contributed by atoms with Gasteiger partial charge in [0.05, 0.1) is 6.10 Å². The van der Waals surface area contributed by atoms with Gasteiger partial charge in [-0.2, -0.15) is 5.26 Å². The summed E-state index contributed by atoms with van der Waals surface area (Å²) in [6, 6.07) is 1.68. The lowest BCUT2D eigenvalue weighted by molar-refractivity contribution is -0.193. The van der Waals surface area contributed by atoms with Crippen molar-refractivity contribution in [2.75, 3.05) is 0 Å². The van der Waals surface area contributed by atoms with Crippen LogP contribution in [0.2, 0.25) is 0 Å². The molecule has 1 saturated heterocycles. The summed E-state index contributed by atoms with van der Waals surface area (Å²) in [4.78, 5) is 12.0. The summed E-state index contributed by atoms with van der Waals surface area (Å²) in [5.74, 6) is -0.582. The molecule has 0 bridgehead atoms. The highest BCUT2D eigenvalue weighted by molar-refractivity contribution is 5.88. The standard InChI is InChI=1S/C11H15N3O6/c1-5(15)8-7(17)9(18)11(4-12,20-8)14-3-2-6(16)13-10(14)19/h2-3,5,7-10,15,17-19H,1H3,(H,13,16)/t5-,7-,8-,9-,10?,11-/m1/s1. The van der Waals surface area contributed by atoms with Crippen LogP contribution in [0.3, 0.4) is 0 Å². The number of hydrogen-bond donors (Lipinski definition) is 5. The van der Waals surface area contributed by atoms with Crippen LogP contribution in [-0.4, -0.2) is 67.7 Å². The Kier molecular flexibility index (Phi) is 3.68. The lowest BCUT2D eigenvalue weighted by Crippen LogP contribution is -2.62. The quantitative estimate of drug-likeness (QED) is 0.359. The van der Waals surface area contributed by atoms with Crippen molar-refractivity contribution in [3.63, 3.8) is 0 Å². The van der Waals surface area contributed by atoms with Crippen molar-refractivity contribution in [2.45, 2.75) is 43.4 Å². The van der Waals surface area contributed by atoms with Gasteiger partial charge in [0.15, 0.2) is 0 Å². The van der Waals surface area contributed by atoms with Crippen LogP contribution >= 0.6 is 0 Å². The molecule has 9 heteroatoms. The highest BCUT2D eigenvalue weighted by atomic mass is 16.6. The van der Waals surface area contributed by atoms with Crippen molar-refractivity contribution in [2.24, 2.45) is 0 Å². The van der Waals surface area contributed by atoms with Crippen LogP contribution in [0, 0.1) is 11.3 Å². The minimum Gasteiger partial charge on any atom is -0.391 e. The summed E-state index contributed by atoms with van der Waals surface area (Å²) in [6.07, 6.45) is -5.08. The first kappa shape index (κ1) is 14.7. The lowest BCUT2D eigenvalue weighted by atomic mass is 10.0. The van der Waals surface area contributed by atoms with Gasteiger partial charge in [-0.05, 0) is 6.92 Å². The molecule has 2 rings (SSSR count). The first-order chi connectivity index (χ1) is 9.33. The smallest absolute Gasteiger partial charge is 0.263 e. The Hall–Kier alpha value is -1.70. The molecule has 2 aliphatic heterocycles. The zero-order valence-corrected chi connectivity index (χ0v) is 10.5. The van der Waals surface area contributed by atoms with E-state index in [0.717, 1.165) is 17.2 Å². The zero-order chi connectivity index (χ0) is 15.1. The van der Waals surface area contributed by atoms with E-state index < -0.39 is 42.4 Å². The number of rotatable bonds is 2. The third-order valence-electron chi connectivity index (χ3n) is 3.32. The van der Waals surface area contributed by atoms with Gasteiger partial charge in [0.25, 0.3) is 5.72 Å². The van der Waals surface area contributed by atoms with Crippen LogP contribution in [-0.2, 0) is 9.53 Å². The predicted octanol–water partition coefficient (Wildman–Crippen LogP) is -3.07. The molecule has 5 N–H and O–H groups in total. The van der Waals surface area contributed by atoms with E-state index in [9.17, 15) is 30.5 Å². The molecule has 0 spiro atoms. The van der Waals surface area contributed by atoms with Gasteiger partial charge >= 0.3 is 0 Å². The second-order valence-electron chi connectivity index (χ2n) is 4.67. The topological polar surface area (TPSA) is 146 Å². The molecule has 0 aromatic rings. The normalized spacial score (nSPS) is 42.2. The van der Waals surface area contributed by atoms with Crippen molar-refractivity contribution >= 4 is 5.91 Å². The molecule has 0 saturated carbocycles. The molecule has 0 radical (unpaired) electrons. The molecule has 0 aromatic carbocycles. The van der Waals surface area contributed by atoms with Gasteiger partial charge in [-0.1, -0.05) is 0 Å². The van der Waals surface area contributed by atoms with Crippen LogP contribution < -0.4 is 5.32 Å². The molecule has 0 aromatic heterocycles. The number of nitrogens with zero attached hydrogens (tertiary/aromatic N) is 2. The second kappa shape index (κ2) is 5.01. The molecule has 0 aliphatic carbocycles. The minimum absolute atomic E-state index is 0.582.